The van der Waals surface area contributed by atoms with Crippen molar-refractivity contribution in [1.29, 1.82) is 0 Å². The smallest absolute Gasteiger partial charge is 0.153 e. The van der Waals surface area contributed by atoms with Gasteiger partial charge in [-0.1, -0.05) is 0 Å². The zero-order valence-corrected chi connectivity index (χ0v) is 10.2. The summed E-state index contributed by atoms with van der Waals surface area (Å²) in [5.41, 5.74) is 0.533. The number of thiol groups is 1. The molecule has 0 aliphatic rings. The Morgan fingerprint density at radius 3 is 2.81 bits per heavy atom. The molecular formula is C12H16O3S. The lowest BCUT2D eigenvalue weighted by molar-refractivity contribution is 0.112. The SMILES string of the molecule is COc1cc(OCCCCS)ccc1C=O. The minimum atomic E-state index is 0.533. The highest BCUT2D eigenvalue weighted by atomic mass is 32.1. The van der Waals surface area contributed by atoms with Crippen LogP contribution >= 0.6 is 12.6 Å². The van der Waals surface area contributed by atoms with Crippen molar-refractivity contribution in [2.75, 3.05) is 19.5 Å². The van der Waals surface area contributed by atoms with Crippen LogP contribution < -0.4 is 9.47 Å². The van der Waals surface area contributed by atoms with E-state index in [1.165, 1.54) is 7.11 Å². The maximum atomic E-state index is 10.7. The van der Waals surface area contributed by atoms with Gasteiger partial charge in [-0.05, 0) is 30.7 Å². The Morgan fingerprint density at radius 1 is 1.38 bits per heavy atom. The largest absolute Gasteiger partial charge is 0.496 e. The summed E-state index contributed by atoms with van der Waals surface area (Å²) in [5, 5.41) is 0. The van der Waals surface area contributed by atoms with Gasteiger partial charge >= 0.3 is 0 Å². The van der Waals surface area contributed by atoms with Crippen molar-refractivity contribution in [3.05, 3.63) is 23.8 Å². The van der Waals surface area contributed by atoms with E-state index in [-0.39, 0.29) is 0 Å². The van der Waals surface area contributed by atoms with Crippen LogP contribution in [0.1, 0.15) is 23.2 Å². The third-order valence-corrected chi connectivity index (χ3v) is 2.47. The summed E-state index contributed by atoms with van der Waals surface area (Å²) in [7, 11) is 1.53. The maximum Gasteiger partial charge on any atom is 0.153 e. The molecule has 0 aromatic heterocycles. The van der Waals surface area contributed by atoms with Crippen molar-refractivity contribution in [3.63, 3.8) is 0 Å². The second kappa shape index (κ2) is 7.17. The van der Waals surface area contributed by atoms with Gasteiger partial charge in [-0.25, -0.2) is 0 Å². The van der Waals surface area contributed by atoms with E-state index in [2.05, 4.69) is 12.6 Å². The van der Waals surface area contributed by atoms with Gasteiger partial charge in [0.25, 0.3) is 0 Å². The van der Waals surface area contributed by atoms with E-state index in [0.717, 1.165) is 30.6 Å². The number of aldehydes is 1. The van der Waals surface area contributed by atoms with Crippen molar-refractivity contribution in [3.8, 4) is 11.5 Å². The molecule has 0 saturated carbocycles. The van der Waals surface area contributed by atoms with Crippen molar-refractivity contribution in [2.45, 2.75) is 12.8 Å². The van der Waals surface area contributed by atoms with E-state index in [1.807, 2.05) is 0 Å². The highest BCUT2D eigenvalue weighted by molar-refractivity contribution is 7.80. The molecule has 0 spiro atoms. The predicted octanol–water partition coefficient (Wildman–Crippen LogP) is 2.60. The van der Waals surface area contributed by atoms with Gasteiger partial charge in [-0.2, -0.15) is 12.6 Å². The fourth-order valence-electron chi connectivity index (χ4n) is 1.28. The highest BCUT2D eigenvalue weighted by Gasteiger charge is 2.03. The molecule has 1 aromatic rings. The first-order valence-electron chi connectivity index (χ1n) is 5.18. The summed E-state index contributed by atoms with van der Waals surface area (Å²) < 4.78 is 10.6. The predicted molar refractivity (Wildman–Crippen MR) is 67.0 cm³/mol. The minimum Gasteiger partial charge on any atom is -0.496 e. The van der Waals surface area contributed by atoms with Crippen LogP contribution in [0.5, 0.6) is 11.5 Å². The van der Waals surface area contributed by atoms with Gasteiger partial charge in [0.2, 0.25) is 0 Å². The van der Waals surface area contributed by atoms with Crippen molar-refractivity contribution < 1.29 is 14.3 Å². The van der Waals surface area contributed by atoms with Crippen LogP contribution in [-0.2, 0) is 0 Å². The summed E-state index contributed by atoms with van der Waals surface area (Å²) in [5.74, 6) is 2.14. The van der Waals surface area contributed by atoms with Gasteiger partial charge in [0.05, 0.1) is 19.3 Å². The van der Waals surface area contributed by atoms with Gasteiger partial charge in [0, 0.05) is 6.07 Å². The average molecular weight is 240 g/mol. The first kappa shape index (κ1) is 12.9. The van der Waals surface area contributed by atoms with Crippen molar-refractivity contribution >= 4 is 18.9 Å². The first-order valence-corrected chi connectivity index (χ1v) is 5.82. The molecule has 0 radical (unpaired) electrons. The van der Waals surface area contributed by atoms with Crippen LogP contribution in [0.2, 0.25) is 0 Å². The molecule has 0 fully saturated rings. The van der Waals surface area contributed by atoms with Crippen LogP contribution in [-0.4, -0.2) is 25.8 Å². The molecule has 0 heterocycles. The van der Waals surface area contributed by atoms with E-state index >= 15 is 0 Å². The van der Waals surface area contributed by atoms with Gasteiger partial charge in [0.15, 0.2) is 6.29 Å². The van der Waals surface area contributed by atoms with Crippen LogP contribution in [0.4, 0.5) is 0 Å². The van der Waals surface area contributed by atoms with Gasteiger partial charge < -0.3 is 9.47 Å². The molecule has 0 aliphatic carbocycles. The molecule has 1 aromatic carbocycles. The molecule has 16 heavy (non-hydrogen) atoms. The molecule has 0 atom stereocenters. The summed E-state index contributed by atoms with van der Waals surface area (Å²) in [4.78, 5) is 10.7. The van der Waals surface area contributed by atoms with Crippen molar-refractivity contribution in [2.24, 2.45) is 0 Å². The highest BCUT2D eigenvalue weighted by Crippen LogP contribution is 2.23. The quantitative estimate of drug-likeness (QED) is 0.452. The molecule has 0 bridgehead atoms. The third kappa shape index (κ3) is 3.77. The minimum absolute atomic E-state index is 0.533. The molecule has 4 heteroatoms. The van der Waals surface area contributed by atoms with E-state index in [0.29, 0.717) is 17.9 Å². The van der Waals surface area contributed by atoms with Gasteiger partial charge in [-0.3, -0.25) is 4.79 Å². The van der Waals surface area contributed by atoms with Crippen LogP contribution in [0.15, 0.2) is 18.2 Å². The number of hydrogen-bond acceptors (Lipinski definition) is 4. The van der Waals surface area contributed by atoms with E-state index < -0.39 is 0 Å². The summed E-state index contributed by atoms with van der Waals surface area (Å²) in [6, 6.07) is 5.19. The maximum absolute atomic E-state index is 10.7. The number of carbonyl (C=O) groups is 1. The molecule has 88 valence electrons. The topological polar surface area (TPSA) is 35.5 Å². The second-order valence-electron chi connectivity index (χ2n) is 3.30. The molecule has 0 N–H and O–H groups in total. The fourth-order valence-corrected chi connectivity index (χ4v) is 1.51. The number of ether oxygens (including phenoxy) is 2. The fraction of sp³-hybridized carbons (Fsp3) is 0.417. The monoisotopic (exact) mass is 240 g/mol. The van der Waals surface area contributed by atoms with Crippen LogP contribution in [0.25, 0.3) is 0 Å². The Bertz CT molecular complexity index is 339. The molecule has 0 aliphatic heterocycles. The lowest BCUT2D eigenvalue weighted by Gasteiger charge is -2.08. The second-order valence-corrected chi connectivity index (χ2v) is 3.75. The molecule has 0 saturated heterocycles. The van der Waals surface area contributed by atoms with Gasteiger partial charge in [0.1, 0.15) is 11.5 Å². The number of methoxy groups -OCH3 is 1. The lowest BCUT2D eigenvalue weighted by Crippen LogP contribution is -1.99. The van der Waals surface area contributed by atoms with E-state index in [1.54, 1.807) is 18.2 Å². The van der Waals surface area contributed by atoms with Crippen molar-refractivity contribution in [1.82, 2.24) is 0 Å². The molecule has 0 unspecified atom stereocenters. The third-order valence-electron chi connectivity index (χ3n) is 2.15. The zero-order valence-electron chi connectivity index (χ0n) is 9.31. The number of hydrogen-bond donors (Lipinski definition) is 1. The standard InChI is InChI=1S/C12H16O3S/c1-14-12-8-11(5-4-10(12)9-13)15-6-2-3-7-16/h4-5,8-9,16H,2-3,6-7H2,1H3. The summed E-state index contributed by atoms with van der Waals surface area (Å²) in [6.07, 6.45) is 2.78. The molecule has 3 nitrogen and oxygen atoms in total. The normalized spacial score (nSPS) is 9.88. The lowest BCUT2D eigenvalue weighted by atomic mass is 10.2. The molecular weight excluding hydrogens is 224 g/mol. The van der Waals surface area contributed by atoms with Crippen LogP contribution in [0, 0.1) is 0 Å². The number of benzene rings is 1. The van der Waals surface area contributed by atoms with Crippen LogP contribution in [0.3, 0.4) is 0 Å². The zero-order chi connectivity index (χ0) is 11.8. The van der Waals surface area contributed by atoms with E-state index in [9.17, 15) is 4.79 Å². The molecule has 1 rings (SSSR count). The van der Waals surface area contributed by atoms with E-state index in [4.69, 9.17) is 9.47 Å². The summed E-state index contributed by atoms with van der Waals surface area (Å²) >= 11 is 4.12. The Kier molecular flexibility index (Phi) is 5.78. The van der Waals surface area contributed by atoms with Gasteiger partial charge in [-0.15, -0.1) is 0 Å². The Hall–Kier alpha value is -1.16. The Balaban J connectivity index is 2.57. The number of carbonyl (C=O) groups excluding carboxylic acids is 1. The first-order chi connectivity index (χ1) is 7.81. The Morgan fingerprint density at radius 2 is 2.19 bits per heavy atom. The molecule has 0 amide bonds. The number of unbranched alkanes of at least 4 members (excludes halogenated alkanes) is 1. The average Bonchev–Trinajstić information content (AvgIpc) is 2.34. The Labute approximate surface area is 101 Å². The number of rotatable bonds is 7. The summed E-state index contributed by atoms with van der Waals surface area (Å²) in [6.45, 7) is 0.657.